The lowest BCUT2D eigenvalue weighted by Crippen LogP contribution is -2.28. The zero-order valence-electron chi connectivity index (χ0n) is 23.6. The number of unbranched alkanes of at least 4 members (excludes halogenated alkanes) is 1. The number of imidazole rings is 1. The molecule has 0 aliphatic carbocycles. The van der Waals surface area contributed by atoms with E-state index in [9.17, 15) is 0 Å². The molecule has 0 N–H and O–H groups in total. The van der Waals surface area contributed by atoms with E-state index >= 15 is 0 Å². The van der Waals surface area contributed by atoms with Gasteiger partial charge in [0.2, 0.25) is 0 Å². The van der Waals surface area contributed by atoms with Gasteiger partial charge in [-0.15, -0.1) is 0 Å². The van der Waals surface area contributed by atoms with Gasteiger partial charge in [0.25, 0.3) is 0 Å². The number of ether oxygens (including phenoxy) is 3. The summed E-state index contributed by atoms with van der Waals surface area (Å²) in [5, 5.41) is 0.553. The molecule has 0 bridgehead atoms. The maximum atomic E-state index is 6.92. The molecule has 40 heavy (non-hydrogen) atoms. The third-order valence-corrected chi connectivity index (χ3v) is 7.64. The predicted molar refractivity (Wildman–Crippen MR) is 160 cm³/mol. The van der Waals surface area contributed by atoms with Crippen LogP contribution in [0.1, 0.15) is 56.5 Å². The van der Waals surface area contributed by atoms with Crippen LogP contribution in [0.25, 0.3) is 11.4 Å². The van der Waals surface area contributed by atoms with E-state index in [1.807, 2.05) is 37.3 Å². The second kappa shape index (κ2) is 13.2. The fourth-order valence-electron chi connectivity index (χ4n) is 5.16. The summed E-state index contributed by atoms with van der Waals surface area (Å²) in [6.07, 6.45) is 2.14. The van der Waals surface area contributed by atoms with Gasteiger partial charge in [-0.05, 0) is 55.7 Å². The minimum absolute atomic E-state index is 0.0828. The first-order chi connectivity index (χ1) is 19.6. The minimum Gasteiger partial charge on any atom is -0.494 e. The molecule has 0 saturated heterocycles. The molecule has 5 rings (SSSR count). The molecule has 4 aromatic rings. The molecule has 0 saturated carbocycles. The number of fused-ring (bicyclic) bond motifs is 1. The van der Waals surface area contributed by atoms with Gasteiger partial charge in [0.05, 0.1) is 12.3 Å². The molecule has 6 nitrogen and oxygen atoms in total. The van der Waals surface area contributed by atoms with Crippen LogP contribution in [0.15, 0.2) is 72.8 Å². The Balaban J connectivity index is 1.52. The van der Waals surface area contributed by atoms with Gasteiger partial charge in [0.1, 0.15) is 24.8 Å². The van der Waals surface area contributed by atoms with Crippen molar-refractivity contribution >= 4 is 11.6 Å². The Bertz CT molecular complexity index is 1410. The molecule has 1 unspecified atom stereocenters. The number of benzene rings is 3. The lowest BCUT2D eigenvalue weighted by atomic mass is 10.0. The molecule has 210 valence electrons. The van der Waals surface area contributed by atoms with E-state index in [-0.39, 0.29) is 6.04 Å². The van der Waals surface area contributed by atoms with Crippen LogP contribution in [0, 0.1) is 0 Å². The van der Waals surface area contributed by atoms with Crippen molar-refractivity contribution in [3.05, 3.63) is 94.8 Å². The average molecular weight is 560 g/mol. The van der Waals surface area contributed by atoms with Crippen molar-refractivity contribution in [3.8, 4) is 28.6 Å². The van der Waals surface area contributed by atoms with Gasteiger partial charge in [-0.3, -0.25) is 4.90 Å². The normalized spacial score (nSPS) is 13.4. The summed E-state index contributed by atoms with van der Waals surface area (Å²) in [6, 6.07) is 25.0. The fourth-order valence-corrected chi connectivity index (χ4v) is 5.40. The number of halogens is 1. The van der Waals surface area contributed by atoms with E-state index in [1.165, 1.54) is 5.56 Å². The SMILES string of the molecule is CCCCn1c(-c2ccccc2)nc(Cl)c1CN(Cc1ccc2c(c1)OCCO2)C(C)c1cccc(OCC)c1. The van der Waals surface area contributed by atoms with E-state index in [0.717, 1.165) is 59.3 Å². The predicted octanol–water partition coefficient (Wildman–Crippen LogP) is 7.94. The summed E-state index contributed by atoms with van der Waals surface area (Å²) in [4.78, 5) is 7.31. The molecule has 1 aliphatic heterocycles. The molecular formula is C33H38ClN3O3. The largest absolute Gasteiger partial charge is 0.494 e. The van der Waals surface area contributed by atoms with Crippen LogP contribution in [-0.2, 0) is 19.6 Å². The summed E-state index contributed by atoms with van der Waals surface area (Å²) >= 11 is 6.92. The highest BCUT2D eigenvalue weighted by molar-refractivity contribution is 6.30. The van der Waals surface area contributed by atoms with Crippen LogP contribution in [0.3, 0.4) is 0 Å². The van der Waals surface area contributed by atoms with E-state index in [1.54, 1.807) is 0 Å². The third-order valence-electron chi connectivity index (χ3n) is 7.34. The second-order valence-corrected chi connectivity index (χ2v) is 10.5. The maximum absolute atomic E-state index is 6.92. The van der Waals surface area contributed by atoms with Crippen LogP contribution in [0.2, 0.25) is 5.15 Å². The lowest BCUT2D eigenvalue weighted by Gasteiger charge is -2.31. The van der Waals surface area contributed by atoms with Crippen molar-refractivity contribution in [2.24, 2.45) is 0 Å². The fraction of sp³-hybridized carbons (Fsp3) is 0.364. The molecule has 0 radical (unpaired) electrons. The minimum atomic E-state index is 0.0828. The van der Waals surface area contributed by atoms with Crippen molar-refractivity contribution in [2.75, 3.05) is 19.8 Å². The smallest absolute Gasteiger partial charge is 0.161 e. The molecule has 1 aromatic heterocycles. The monoisotopic (exact) mass is 559 g/mol. The molecule has 1 aliphatic rings. The molecule has 1 atom stereocenters. The number of hydrogen-bond donors (Lipinski definition) is 0. The Morgan fingerprint density at radius 3 is 2.52 bits per heavy atom. The van der Waals surface area contributed by atoms with Crippen molar-refractivity contribution in [3.63, 3.8) is 0 Å². The molecule has 7 heteroatoms. The van der Waals surface area contributed by atoms with Crippen LogP contribution < -0.4 is 14.2 Å². The summed E-state index contributed by atoms with van der Waals surface area (Å²) < 4.78 is 19.8. The summed E-state index contributed by atoms with van der Waals surface area (Å²) in [6.45, 7) is 10.4. The highest BCUT2D eigenvalue weighted by Gasteiger charge is 2.24. The van der Waals surface area contributed by atoms with Crippen molar-refractivity contribution in [1.82, 2.24) is 14.5 Å². The molecular weight excluding hydrogens is 522 g/mol. The summed E-state index contributed by atoms with van der Waals surface area (Å²) in [5.74, 6) is 3.39. The van der Waals surface area contributed by atoms with Gasteiger partial charge >= 0.3 is 0 Å². The Kier molecular flexibility index (Phi) is 9.30. The number of aromatic nitrogens is 2. The molecule has 2 heterocycles. The van der Waals surface area contributed by atoms with Crippen molar-refractivity contribution in [2.45, 2.75) is 59.3 Å². The van der Waals surface area contributed by atoms with Crippen LogP contribution in [0.4, 0.5) is 0 Å². The zero-order chi connectivity index (χ0) is 27.9. The van der Waals surface area contributed by atoms with Crippen molar-refractivity contribution < 1.29 is 14.2 Å². The number of nitrogens with zero attached hydrogens (tertiary/aromatic N) is 3. The number of hydrogen-bond acceptors (Lipinski definition) is 5. The topological polar surface area (TPSA) is 48.8 Å². The van der Waals surface area contributed by atoms with Gasteiger partial charge in [0, 0.05) is 31.2 Å². The Labute approximate surface area is 242 Å². The second-order valence-electron chi connectivity index (χ2n) is 10.1. The highest BCUT2D eigenvalue weighted by atomic mass is 35.5. The Morgan fingerprint density at radius 2 is 1.75 bits per heavy atom. The molecule has 0 fully saturated rings. The lowest BCUT2D eigenvalue weighted by molar-refractivity contribution is 0.169. The summed E-state index contributed by atoms with van der Waals surface area (Å²) in [5.41, 5.74) is 4.43. The highest BCUT2D eigenvalue weighted by Crippen LogP contribution is 2.35. The quantitative estimate of drug-likeness (QED) is 0.176. The zero-order valence-corrected chi connectivity index (χ0v) is 24.4. The summed E-state index contributed by atoms with van der Waals surface area (Å²) in [7, 11) is 0. The van der Waals surface area contributed by atoms with Crippen LogP contribution in [0.5, 0.6) is 17.2 Å². The molecule has 0 amide bonds. The van der Waals surface area contributed by atoms with Gasteiger partial charge in [-0.2, -0.15) is 0 Å². The first-order valence-corrected chi connectivity index (χ1v) is 14.6. The van der Waals surface area contributed by atoms with Gasteiger partial charge in [-0.25, -0.2) is 4.98 Å². The van der Waals surface area contributed by atoms with E-state index in [0.29, 0.717) is 38.1 Å². The van der Waals surface area contributed by atoms with Gasteiger partial charge in [-0.1, -0.05) is 73.5 Å². The number of rotatable bonds is 12. The van der Waals surface area contributed by atoms with Gasteiger partial charge < -0.3 is 18.8 Å². The van der Waals surface area contributed by atoms with E-state index < -0.39 is 0 Å². The standard InChI is InChI=1S/C33H38ClN3O3/c1-4-6-17-37-29(32(34)35-33(37)26-11-8-7-9-12-26)23-36(24(3)27-13-10-14-28(21-27)38-5-2)22-25-15-16-30-31(20-25)40-19-18-39-30/h7-16,20-21,24H,4-6,17-19,22-23H2,1-3H3. The Hall–Kier alpha value is -3.48. The first-order valence-electron chi connectivity index (χ1n) is 14.2. The van der Waals surface area contributed by atoms with Crippen LogP contribution in [-0.4, -0.2) is 34.3 Å². The van der Waals surface area contributed by atoms with Gasteiger partial charge in [0.15, 0.2) is 16.7 Å². The third kappa shape index (κ3) is 6.45. The molecule has 3 aromatic carbocycles. The molecule has 0 spiro atoms. The van der Waals surface area contributed by atoms with E-state index in [2.05, 4.69) is 65.8 Å². The van der Waals surface area contributed by atoms with Crippen LogP contribution >= 0.6 is 11.6 Å². The maximum Gasteiger partial charge on any atom is 0.161 e. The van der Waals surface area contributed by atoms with E-state index in [4.69, 9.17) is 30.8 Å². The average Bonchev–Trinajstić information content (AvgIpc) is 3.30. The first kappa shape index (κ1) is 28.1. The van der Waals surface area contributed by atoms with Crippen molar-refractivity contribution in [1.29, 1.82) is 0 Å². The Morgan fingerprint density at radius 1 is 0.950 bits per heavy atom.